The Hall–Kier alpha value is -2.09. The molecule has 0 atom stereocenters. The molecule has 0 saturated carbocycles. The van der Waals surface area contributed by atoms with Gasteiger partial charge in [0.25, 0.3) is 0 Å². The van der Waals surface area contributed by atoms with Crippen LogP contribution in [0.4, 0.5) is 10.6 Å². The second kappa shape index (κ2) is 7.65. The average molecular weight is 335 g/mol. The quantitative estimate of drug-likeness (QED) is 0.896. The van der Waals surface area contributed by atoms with E-state index >= 15 is 0 Å². The van der Waals surface area contributed by atoms with Crippen molar-refractivity contribution in [3.63, 3.8) is 0 Å². The van der Waals surface area contributed by atoms with Crippen LogP contribution in [0.5, 0.6) is 0 Å². The van der Waals surface area contributed by atoms with Crippen LogP contribution in [0.25, 0.3) is 0 Å². The fourth-order valence-electron chi connectivity index (χ4n) is 3.20. The third-order valence-electron chi connectivity index (χ3n) is 4.56. The molecule has 8 heteroatoms. The molecule has 1 N–H and O–H groups in total. The molecule has 1 aromatic rings. The van der Waals surface area contributed by atoms with E-state index in [2.05, 4.69) is 15.4 Å². The van der Waals surface area contributed by atoms with E-state index in [0.717, 1.165) is 38.9 Å². The van der Waals surface area contributed by atoms with Crippen LogP contribution in [-0.4, -0.2) is 77.6 Å². The van der Waals surface area contributed by atoms with Gasteiger partial charge in [0.1, 0.15) is 5.76 Å². The van der Waals surface area contributed by atoms with Gasteiger partial charge in [-0.2, -0.15) is 0 Å². The topological polar surface area (TPSA) is 81.9 Å². The molecule has 2 saturated heterocycles. The van der Waals surface area contributed by atoms with Gasteiger partial charge in [-0.25, -0.2) is 4.79 Å². The first-order chi connectivity index (χ1) is 11.6. The zero-order chi connectivity index (χ0) is 16.9. The molecule has 0 aliphatic carbocycles. The van der Waals surface area contributed by atoms with Gasteiger partial charge in [0, 0.05) is 45.3 Å². The van der Waals surface area contributed by atoms with Gasteiger partial charge in [-0.15, -0.1) is 0 Å². The van der Waals surface area contributed by atoms with Gasteiger partial charge in [-0.05, 0) is 26.2 Å². The summed E-state index contributed by atoms with van der Waals surface area (Å²) in [5.41, 5.74) is 0. The second-order valence-corrected chi connectivity index (χ2v) is 6.46. The van der Waals surface area contributed by atoms with Gasteiger partial charge < -0.3 is 14.3 Å². The molecule has 24 heavy (non-hydrogen) atoms. The number of aryl methyl sites for hydroxylation is 1. The van der Waals surface area contributed by atoms with Crippen LogP contribution in [0, 0.1) is 6.92 Å². The third kappa shape index (κ3) is 4.25. The van der Waals surface area contributed by atoms with Crippen molar-refractivity contribution in [1.29, 1.82) is 0 Å². The first kappa shape index (κ1) is 16.8. The molecule has 1 aromatic heterocycles. The SMILES string of the molecule is Cc1cc(NC(=O)N2CCCN(CC(=O)N3CCCC3)CC2)no1. The molecule has 0 bridgehead atoms. The Balaban J connectivity index is 1.47. The largest absolute Gasteiger partial charge is 0.360 e. The van der Waals surface area contributed by atoms with Gasteiger partial charge in [-0.3, -0.25) is 15.0 Å². The number of hydrogen-bond acceptors (Lipinski definition) is 5. The zero-order valence-corrected chi connectivity index (χ0v) is 14.2. The molecule has 3 rings (SSSR count). The van der Waals surface area contributed by atoms with E-state index in [4.69, 9.17) is 4.52 Å². The van der Waals surface area contributed by atoms with Crippen molar-refractivity contribution in [2.24, 2.45) is 0 Å². The molecule has 0 radical (unpaired) electrons. The number of carbonyl (C=O) groups is 2. The van der Waals surface area contributed by atoms with Crippen molar-refractivity contribution in [1.82, 2.24) is 19.9 Å². The van der Waals surface area contributed by atoms with Crippen LogP contribution in [0.2, 0.25) is 0 Å². The standard InChI is InChI=1S/C16H25N5O3/c1-13-11-14(18-24-13)17-16(23)21-8-4-5-19(9-10-21)12-15(22)20-6-2-3-7-20/h11H,2-10,12H2,1H3,(H,17,18,23). The van der Waals surface area contributed by atoms with Crippen molar-refractivity contribution >= 4 is 17.8 Å². The monoisotopic (exact) mass is 335 g/mol. The molecule has 2 aliphatic heterocycles. The van der Waals surface area contributed by atoms with Crippen LogP contribution in [-0.2, 0) is 4.79 Å². The van der Waals surface area contributed by atoms with Crippen LogP contribution in [0.1, 0.15) is 25.0 Å². The average Bonchev–Trinajstić information content (AvgIpc) is 3.16. The van der Waals surface area contributed by atoms with E-state index in [1.807, 2.05) is 4.90 Å². The summed E-state index contributed by atoms with van der Waals surface area (Å²) in [7, 11) is 0. The van der Waals surface area contributed by atoms with E-state index in [9.17, 15) is 9.59 Å². The minimum Gasteiger partial charge on any atom is -0.360 e. The molecule has 3 heterocycles. The van der Waals surface area contributed by atoms with Crippen LogP contribution < -0.4 is 5.32 Å². The molecular weight excluding hydrogens is 310 g/mol. The highest BCUT2D eigenvalue weighted by atomic mass is 16.5. The Morgan fingerprint density at radius 2 is 1.83 bits per heavy atom. The smallest absolute Gasteiger partial charge is 0.323 e. The lowest BCUT2D eigenvalue weighted by molar-refractivity contribution is -0.131. The van der Waals surface area contributed by atoms with Gasteiger partial charge in [0.05, 0.1) is 6.54 Å². The number of nitrogens with zero attached hydrogens (tertiary/aromatic N) is 4. The number of rotatable bonds is 3. The molecule has 8 nitrogen and oxygen atoms in total. The van der Waals surface area contributed by atoms with Crippen molar-refractivity contribution in [2.75, 3.05) is 51.1 Å². The number of likely N-dealkylation sites (tertiary alicyclic amines) is 1. The van der Waals surface area contributed by atoms with E-state index in [0.29, 0.717) is 37.8 Å². The maximum atomic E-state index is 12.3. The highest BCUT2D eigenvalue weighted by Gasteiger charge is 2.24. The molecule has 0 spiro atoms. The van der Waals surface area contributed by atoms with E-state index in [1.54, 1.807) is 17.9 Å². The minimum absolute atomic E-state index is 0.170. The third-order valence-corrected chi connectivity index (χ3v) is 4.56. The number of hydrogen-bond donors (Lipinski definition) is 1. The number of nitrogens with one attached hydrogen (secondary N) is 1. The van der Waals surface area contributed by atoms with E-state index < -0.39 is 0 Å². The number of anilines is 1. The predicted octanol–water partition coefficient (Wildman–Crippen LogP) is 1.15. The van der Waals surface area contributed by atoms with Gasteiger partial charge in [0.15, 0.2) is 5.82 Å². The Morgan fingerprint density at radius 3 is 2.54 bits per heavy atom. The Morgan fingerprint density at radius 1 is 1.08 bits per heavy atom. The van der Waals surface area contributed by atoms with E-state index in [1.165, 1.54) is 0 Å². The van der Waals surface area contributed by atoms with Crippen molar-refractivity contribution in [3.8, 4) is 0 Å². The molecule has 3 amide bonds. The van der Waals surface area contributed by atoms with Crippen molar-refractivity contribution in [3.05, 3.63) is 11.8 Å². The number of carbonyl (C=O) groups excluding carboxylic acids is 2. The predicted molar refractivity (Wildman–Crippen MR) is 88.7 cm³/mol. The first-order valence-electron chi connectivity index (χ1n) is 8.61. The van der Waals surface area contributed by atoms with E-state index in [-0.39, 0.29) is 11.9 Å². The second-order valence-electron chi connectivity index (χ2n) is 6.46. The maximum Gasteiger partial charge on any atom is 0.323 e. The van der Waals surface area contributed by atoms with Crippen molar-refractivity contribution < 1.29 is 14.1 Å². The minimum atomic E-state index is -0.170. The van der Waals surface area contributed by atoms with Crippen molar-refractivity contribution in [2.45, 2.75) is 26.2 Å². The zero-order valence-electron chi connectivity index (χ0n) is 14.2. The fraction of sp³-hybridized carbons (Fsp3) is 0.688. The van der Waals surface area contributed by atoms with Gasteiger partial charge >= 0.3 is 6.03 Å². The van der Waals surface area contributed by atoms with Crippen LogP contribution in [0.15, 0.2) is 10.6 Å². The van der Waals surface area contributed by atoms with Gasteiger partial charge in [-0.1, -0.05) is 5.16 Å². The Labute approximate surface area is 141 Å². The fourth-order valence-corrected chi connectivity index (χ4v) is 3.20. The lowest BCUT2D eigenvalue weighted by Crippen LogP contribution is -2.41. The van der Waals surface area contributed by atoms with Gasteiger partial charge in [0.2, 0.25) is 5.91 Å². The van der Waals surface area contributed by atoms with Crippen LogP contribution in [0.3, 0.4) is 0 Å². The summed E-state index contributed by atoms with van der Waals surface area (Å²) in [6.07, 6.45) is 3.08. The maximum absolute atomic E-state index is 12.3. The summed E-state index contributed by atoms with van der Waals surface area (Å²) < 4.78 is 4.95. The highest BCUT2D eigenvalue weighted by Crippen LogP contribution is 2.11. The summed E-state index contributed by atoms with van der Waals surface area (Å²) in [6.45, 7) is 6.85. The summed E-state index contributed by atoms with van der Waals surface area (Å²) in [4.78, 5) is 30.4. The summed E-state index contributed by atoms with van der Waals surface area (Å²) in [5, 5.41) is 6.53. The number of amides is 3. The number of urea groups is 1. The molecule has 0 unspecified atom stereocenters. The lowest BCUT2D eigenvalue weighted by atomic mass is 10.3. The first-order valence-corrected chi connectivity index (χ1v) is 8.61. The summed E-state index contributed by atoms with van der Waals surface area (Å²) in [5.74, 6) is 1.30. The molecule has 2 aliphatic rings. The molecular formula is C16H25N5O3. The molecule has 0 aromatic carbocycles. The number of aromatic nitrogens is 1. The molecule has 132 valence electrons. The summed E-state index contributed by atoms with van der Waals surface area (Å²) >= 11 is 0. The summed E-state index contributed by atoms with van der Waals surface area (Å²) in [6, 6.07) is 1.52. The highest BCUT2D eigenvalue weighted by molar-refractivity contribution is 5.88. The Bertz CT molecular complexity index is 582. The normalized spacial score (nSPS) is 19.4. The Kier molecular flexibility index (Phi) is 5.34. The van der Waals surface area contributed by atoms with Crippen LogP contribution >= 0.6 is 0 Å². The molecule has 2 fully saturated rings. The lowest BCUT2D eigenvalue weighted by Gasteiger charge is -2.23.